The molecule has 2 atom stereocenters. The van der Waals surface area contributed by atoms with Crippen LogP contribution in [-0.4, -0.2) is 21.0 Å². The Hall–Kier alpha value is -0.910. The summed E-state index contributed by atoms with van der Waals surface area (Å²) in [7, 11) is -3.39. The summed E-state index contributed by atoms with van der Waals surface area (Å²) in [5.41, 5.74) is 6.60. The largest absolute Gasteiger partial charge is 0.330 e. The maximum absolute atomic E-state index is 12.3. The van der Waals surface area contributed by atoms with Crippen molar-refractivity contribution in [3.05, 3.63) is 29.8 Å². The molecule has 0 heterocycles. The molecule has 1 aliphatic carbocycles. The zero-order chi connectivity index (χ0) is 14.6. The first kappa shape index (κ1) is 15.5. The molecule has 0 amide bonds. The molecule has 2 rings (SSSR count). The summed E-state index contributed by atoms with van der Waals surface area (Å²) >= 11 is 0. The van der Waals surface area contributed by atoms with Gasteiger partial charge in [-0.3, -0.25) is 0 Å². The zero-order valence-electron chi connectivity index (χ0n) is 12.0. The van der Waals surface area contributed by atoms with Crippen molar-refractivity contribution in [1.82, 2.24) is 4.72 Å². The Balaban J connectivity index is 2.05. The minimum Gasteiger partial charge on any atom is -0.330 e. The van der Waals surface area contributed by atoms with E-state index in [1.165, 1.54) is 0 Å². The fourth-order valence-electron chi connectivity index (χ4n) is 2.73. The lowest BCUT2D eigenvalue weighted by Gasteiger charge is -2.17. The molecule has 4 nitrogen and oxygen atoms in total. The number of rotatable bonds is 6. The number of nitrogens with one attached hydrogen (secondary N) is 1. The monoisotopic (exact) mass is 296 g/mol. The van der Waals surface area contributed by atoms with Crippen LogP contribution in [0.5, 0.6) is 0 Å². The molecule has 2 unspecified atom stereocenters. The van der Waals surface area contributed by atoms with Gasteiger partial charge in [0, 0.05) is 6.04 Å². The predicted octanol–water partition coefficient (Wildman–Crippen LogP) is 2.04. The molecule has 1 saturated carbocycles. The van der Waals surface area contributed by atoms with Crippen molar-refractivity contribution < 1.29 is 8.42 Å². The third-order valence-corrected chi connectivity index (χ3v) is 5.58. The zero-order valence-corrected chi connectivity index (χ0v) is 12.8. The van der Waals surface area contributed by atoms with Gasteiger partial charge in [-0.2, -0.15) is 0 Å². The van der Waals surface area contributed by atoms with Gasteiger partial charge in [-0.15, -0.1) is 0 Å². The maximum Gasteiger partial charge on any atom is 0.240 e. The Morgan fingerprint density at radius 1 is 1.25 bits per heavy atom. The number of hydrogen-bond donors (Lipinski definition) is 2. The second-order valence-corrected chi connectivity index (χ2v) is 7.39. The van der Waals surface area contributed by atoms with E-state index in [0.717, 1.165) is 37.7 Å². The van der Waals surface area contributed by atoms with Gasteiger partial charge in [0.2, 0.25) is 10.0 Å². The summed E-state index contributed by atoms with van der Waals surface area (Å²) < 4.78 is 27.5. The Morgan fingerprint density at radius 2 is 1.95 bits per heavy atom. The Kier molecular flexibility index (Phi) is 5.18. The molecule has 0 saturated heterocycles. The number of nitrogens with two attached hydrogens (primary N) is 1. The number of aryl methyl sites for hydroxylation is 1. The lowest BCUT2D eigenvalue weighted by Crippen LogP contribution is -2.36. The van der Waals surface area contributed by atoms with Gasteiger partial charge in [0.25, 0.3) is 0 Å². The van der Waals surface area contributed by atoms with Crippen LogP contribution in [0.3, 0.4) is 0 Å². The quantitative estimate of drug-likeness (QED) is 0.844. The standard InChI is InChI=1S/C15H24N2O2S/c1-12-4-2-6-15(12)17-20(18,19)14-9-7-13(8-10-14)5-3-11-16/h7-10,12,15,17H,2-6,11,16H2,1H3. The van der Waals surface area contributed by atoms with E-state index in [2.05, 4.69) is 11.6 Å². The first-order valence-electron chi connectivity index (χ1n) is 7.34. The van der Waals surface area contributed by atoms with Crippen LogP contribution < -0.4 is 10.5 Å². The van der Waals surface area contributed by atoms with Gasteiger partial charge in [-0.05, 0) is 55.8 Å². The van der Waals surface area contributed by atoms with Crippen LogP contribution in [0, 0.1) is 5.92 Å². The summed E-state index contributed by atoms with van der Waals surface area (Å²) in [4.78, 5) is 0.355. The smallest absolute Gasteiger partial charge is 0.240 e. The molecule has 1 aromatic carbocycles. The van der Waals surface area contributed by atoms with Crippen LogP contribution in [-0.2, 0) is 16.4 Å². The van der Waals surface area contributed by atoms with Gasteiger partial charge < -0.3 is 5.73 Å². The Morgan fingerprint density at radius 3 is 2.50 bits per heavy atom. The third-order valence-electron chi connectivity index (χ3n) is 4.07. The van der Waals surface area contributed by atoms with E-state index in [0.29, 0.717) is 17.4 Å². The van der Waals surface area contributed by atoms with Crippen LogP contribution in [0.25, 0.3) is 0 Å². The minimum atomic E-state index is -3.39. The average Bonchev–Trinajstić information content (AvgIpc) is 2.82. The van der Waals surface area contributed by atoms with Gasteiger partial charge in [-0.25, -0.2) is 13.1 Å². The van der Waals surface area contributed by atoms with Crippen molar-refractivity contribution in [2.75, 3.05) is 6.54 Å². The second-order valence-electron chi connectivity index (χ2n) is 5.67. The van der Waals surface area contributed by atoms with Crippen LogP contribution in [0.2, 0.25) is 0 Å². The molecule has 0 radical (unpaired) electrons. The van der Waals surface area contributed by atoms with E-state index < -0.39 is 10.0 Å². The van der Waals surface area contributed by atoms with Gasteiger partial charge >= 0.3 is 0 Å². The van der Waals surface area contributed by atoms with Crippen LogP contribution >= 0.6 is 0 Å². The number of benzene rings is 1. The molecule has 3 N–H and O–H groups in total. The molecule has 0 bridgehead atoms. The highest BCUT2D eigenvalue weighted by molar-refractivity contribution is 7.89. The van der Waals surface area contributed by atoms with E-state index >= 15 is 0 Å². The molecule has 1 fully saturated rings. The number of hydrogen-bond acceptors (Lipinski definition) is 3. The van der Waals surface area contributed by atoms with Crippen molar-refractivity contribution in [3.63, 3.8) is 0 Å². The van der Waals surface area contributed by atoms with Crippen molar-refractivity contribution >= 4 is 10.0 Å². The molecule has 1 aromatic rings. The third kappa shape index (κ3) is 3.81. The first-order chi connectivity index (χ1) is 9.53. The summed E-state index contributed by atoms with van der Waals surface area (Å²) in [5, 5.41) is 0. The maximum atomic E-state index is 12.3. The summed E-state index contributed by atoms with van der Waals surface area (Å²) in [5.74, 6) is 0.425. The van der Waals surface area contributed by atoms with E-state index in [4.69, 9.17) is 5.73 Å². The van der Waals surface area contributed by atoms with E-state index in [9.17, 15) is 8.42 Å². The summed E-state index contributed by atoms with van der Waals surface area (Å²) in [6.07, 6.45) is 4.96. The van der Waals surface area contributed by atoms with Crippen LogP contribution in [0.4, 0.5) is 0 Å². The highest BCUT2D eigenvalue weighted by atomic mass is 32.2. The van der Waals surface area contributed by atoms with Crippen molar-refractivity contribution in [3.8, 4) is 0 Å². The highest BCUT2D eigenvalue weighted by Gasteiger charge is 2.28. The average molecular weight is 296 g/mol. The lowest BCUT2D eigenvalue weighted by molar-refractivity contribution is 0.476. The number of sulfonamides is 1. The molecule has 20 heavy (non-hydrogen) atoms. The fraction of sp³-hybridized carbons (Fsp3) is 0.600. The van der Waals surface area contributed by atoms with Crippen LogP contribution in [0.15, 0.2) is 29.2 Å². The summed E-state index contributed by atoms with van der Waals surface area (Å²) in [6, 6.07) is 7.21. The van der Waals surface area contributed by atoms with Gasteiger partial charge in [0.15, 0.2) is 0 Å². The van der Waals surface area contributed by atoms with E-state index in [-0.39, 0.29) is 6.04 Å². The molecular weight excluding hydrogens is 272 g/mol. The molecular formula is C15H24N2O2S. The van der Waals surface area contributed by atoms with Gasteiger partial charge in [0.05, 0.1) is 4.90 Å². The molecule has 1 aliphatic rings. The first-order valence-corrected chi connectivity index (χ1v) is 8.82. The lowest BCUT2D eigenvalue weighted by atomic mass is 10.1. The minimum absolute atomic E-state index is 0.0805. The second kappa shape index (κ2) is 6.70. The summed E-state index contributed by atoms with van der Waals surface area (Å²) in [6.45, 7) is 2.76. The van der Waals surface area contributed by atoms with Gasteiger partial charge in [0.1, 0.15) is 0 Å². The molecule has 0 aromatic heterocycles. The fourth-order valence-corrected chi connectivity index (χ4v) is 4.11. The normalized spacial score (nSPS) is 23.1. The predicted molar refractivity (Wildman–Crippen MR) is 80.9 cm³/mol. The Labute approximate surface area is 121 Å². The molecule has 0 aliphatic heterocycles. The van der Waals surface area contributed by atoms with E-state index in [1.54, 1.807) is 12.1 Å². The van der Waals surface area contributed by atoms with Crippen LogP contribution in [0.1, 0.15) is 38.2 Å². The molecule has 5 heteroatoms. The van der Waals surface area contributed by atoms with Crippen molar-refractivity contribution in [2.24, 2.45) is 11.7 Å². The molecule has 0 spiro atoms. The van der Waals surface area contributed by atoms with Crippen molar-refractivity contribution in [1.29, 1.82) is 0 Å². The molecule has 112 valence electrons. The van der Waals surface area contributed by atoms with Gasteiger partial charge in [-0.1, -0.05) is 25.5 Å². The van der Waals surface area contributed by atoms with Crippen molar-refractivity contribution in [2.45, 2.75) is 50.0 Å². The van der Waals surface area contributed by atoms with E-state index in [1.807, 2.05) is 12.1 Å². The SMILES string of the molecule is CC1CCCC1NS(=O)(=O)c1ccc(CCCN)cc1. The topological polar surface area (TPSA) is 72.2 Å². The highest BCUT2D eigenvalue weighted by Crippen LogP contribution is 2.26. The Bertz CT molecular complexity index is 525.